The zero-order valence-corrected chi connectivity index (χ0v) is 15.7. The number of ketones is 1. The normalized spacial score (nSPS) is 30.8. The van der Waals surface area contributed by atoms with Gasteiger partial charge in [-0.05, 0) is 63.7 Å². The second-order valence-corrected chi connectivity index (χ2v) is 7.99. The highest BCUT2D eigenvalue weighted by Crippen LogP contribution is 2.33. The molecule has 0 atom stereocenters. The van der Waals surface area contributed by atoms with Gasteiger partial charge in [-0.2, -0.15) is 0 Å². The third-order valence-corrected chi connectivity index (χ3v) is 6.07. The van der Waals surface area contributed by atoms with Crippen molar-refractivity contribution in [3.63, 3.8) is 0 Å². The molecule has 2 rings (SSSR count). The van der Waals surface area contributed by atoms with Gasteiger partial charge in [0.15, 0.2) is 0 Å². The van der Waals surface area contributed by atoms with Gasteiger partial charge >= 0.3 is 5.97 Å². The lowest BCUT2D eigenvalue weighted by Gasteiger charge is -2.31. The van der Waals surface area contributed by atoms with Gasteiger partial charge in [0.25, 0.3) is 0 Å². The first-order valence-electron chi connectivity index (χ1n) is 10.4. The maximum absolute atomic E-state index is 12.4. The van der Waals surface area contributed by atoms with Crippen LogP contribution >= 0.6 is 0 Å². The molecular formula is C21H36O3. The summed E-state index contributed by atoms with van der Waals surface area (Å²) in [5.74, 6) is 1.50. The summed E-state index contributed by atoms with van der Waals surface area (Å²) in [4.78, 5) is 24.5. The van der Waals surface area contributed by atoms with Crippen LogP contribution in [0.25, 0.3) is 0 Å². The van der Waals surface area contributed by atoms with E-state index in [2.05, 4.69) is 13.8 Å². The first-order valence-corrected chi connectivity index (χ1v) is 10.4. The third-order valence-electron chi connectivity index (χ3n) is 6.07. The monoisotopic (exact) mass is 336 g/mol. The molecule has 0 amide bonds. The number of unbranched alkanes of at least 4 members (excludes halogenated alkanes) is 1. The molecule has 138 valence electrons. The largest absolute Gasteiger partial charge is 0.462 e. The van der Waals surface area contributed by atoms with Crippen molar-refractivity contribution in [1.82, 2.24) is 0 Å². The predicted molar refractivity (Wildman–Crippen MR) is 96.7 cm³/mol. The lowest BCUT2D eigenvalue weighted by Crippen LogP contribution is -2.31. The van der Waals surface area contributed by atoms with Gasteiger partial charge in [-0.15, -0.1) is 0 Å². The Morgan fingerprint density at radius 2 is 1.46 bits per heavy atom. The zero-order chi connectivity index (χ0) is 17.4. The topological polar surface area (TPSA) is 43.4 Å². The van der Waals surface area contributed by atoms with Gasteiger partial charge in [0, 0.05) is 12.3 Å². The van der Waals surface area contributed by atoms with Crippen molar-refractivity contribution in [2.24, 2.45) is 17.8 Å². The molecule has 0 N–H and O–H groups in total. The van der Waals surface area contributed by atoms with Crippen LogP contribution in [0.4, 0.5) is 0 Å². The average Bonchev–Trinajstić information content (AvgIpc) is 2.61. The van der Waals surface area contributed by atoms with E-state index in [9.17, 15) is 9.59 Å². The Kier molecular flexibility index (Phi) is 8.28. The van der Waals surface area contributed by atoms with E-state index in [0.29, 0.717) is 5.78 Å². The number of hydrogen-bond donors (Lipinski definition) is 0. The maximum Gasteiger partial charge on any atom is 0.309 e. The van der Waals surface area contributed by atoms with Crippen LogP contribution in [-0.2, 0) is 14.3 Å². The van der Waals surface area contributed by atoms with Crippen molar-refractivity contribution in [3.05, 3.63) is 0 Å². The molecule has 2 saturated carbocycles. The van der Waals surface area contributed by atoms with Crippen LogP contribution in [0.3, 0.4) is 0 Å². The smallest absolute Gasteiger partial charge is 0.309 e. The van der Waals surface area contributed by atoms with Gasteiger partial charge in [-0.25, -0.2) is 0 Å². The van der Waals surface area contributed by atoms with Crippen molar-refractivity contribution >= 4 is 11.8 Å². The Labute approximate surface area is 147 Å². The van der Waals surface area contributed by atoms with Crippen molar-refractivity contribution in [1.29, 1.82) is 0 Å². The Morgan fingerprint density at radius 1 is 0.833 bits per heavy atom. The molecule has 0 aromatic rings. The van der Waals surface area contributed by atoms with Crippen molar-refractivity contribution in [3.8, 4) is 0 Å². The van der Waals surface area contributed by atoms with Crippen LogP contribution in [-0.4, -0.2) is 17.9 Å². The summed E-state index contributed by atoms with van der Waals surface area (Å²) in [6.07, 6.45) is 13.5. The van der Waals surface area contributed by atoms with Crippen LogP contribution in [0.1, 0.15) is 97.3 Å². The van der Waals surface area contributed by atoms with Crippen molar-refractivity contribution in [2.75, 3.05) is 0 Å². The molecule has 0 aromatic heterocycles. The molecule has 0 aromatic carbocycles. The highest BCUT2D eigenvalue weighted by atomic mass is 16.5. The molecule has 0 radical (unpaired) electrons. The number of rotatable bonds is 8. The predicted octanol–water partition coefficient (Wildman–Crippen LogP) is 5.45. The third kappa shape index (κ3) is 5.89. The number of esters is 1. The average molecular weight is 337 g/mol. The fourth-order valence-electron chi connectivity index (χ4n) is 4.41. The highest BCUT2D eigenvalue weighted by Gasteiger charge is 2.32. The summed E-state index contributed by atoms with van der Waals surface area (Å²) in [5.41, 5.74) is 0. The van der Waals surface area contributed by atoms with Gasteiger partial charge in [-0.3, -0.25) is 9.59 Å². The first kappa shape index (κ1) is 19.5. The summed E-state index contributed by atoms with van der Waals surface area (Å²) < 4.78 is 5.79. The zero-order valence-electron chi connectivity index (χ0n) is 15.7. The van der Waals surface area contributed by atoms with E-state index >= 15 is 0 Å². The molecular weight excluding hydrogens is 300 g/mol. The Balaban J connectivity index is 1.67. The van der Waals surface area contributed by atoms with Gasteiger partial charge < -0.3 is 4.74 Å². The summed E-state index contributed by atoms with van der Waals surface area (Å²) in [6, 6.07) is 0. The number of hydrogen-bond acceptors (Lipinski definition) is 3. The van der Waals surface area contributed by atoms with Crippen molar-refractivity contribution in [2.45, 2.75) is 103 Å². The summed E-state index contributed by atoms with van der Waals surface area (Å²) in [5, 5.41) is 0. The fraction of sp³-hybridized carbons (Fsp3) is 0.905. The molecule has 0 saturated heterocycles. The summed E-state index contributed by atoms with van der Waals surface area (Å²) in [7, 11) is 0. The minimum atomic E-state index is 0.00778. The molecule has 24 heavy (non-hydrogen) atoms. The van der Waals surface area contributed by atoms with Crippen molar-refractivity contribution < 1.29 is 14.3 Å². The van der Waals surface area contributed by atoms with E-state index in [1.165, 1.54) is 25.7 Å². The molecule has 0 bridgehead atoms. The molecule has 2 fully saturated rings. The number of ether oxygens (including phenoxy) is 1. The van der Waals surface area contributed by atoms with E-state index < -0.39 is 0 Å². The molecule has 0 heterocycles. The highest BCUT2D eigenvalue weighted by molar-refractivity contribution is 5.81. The molecule has 0 unspecified atom stereocenters. The minimum absolute atomic E-state index is 0.00778. The number of carbonyl (C=O) groups excluding carboxylic acids is 2. The van der Waals surface area contributed by atoms with Crippen LogP contribution in [0.5, 0.6) is 0 Å². The molecule has 3 heteroatoms. The van der Waals surface area contributed by atoms with E-state index in [4.69, 9.17) is 4.74 Å². The quantitative estimate of drug-likeness (QED) is 0.553. The van der Waals surface area contributed by atoms with Gasteiger partial charge in [0.2, 0.25) is 0 Å². The van der Waals surface area contributed by atoms with Gasteiger partial charge in [0.1, 0.15) is 11.9 Å². The summed E-state index contributed by atoms with van der Waals surface area (Å²) in [6.45, 7) is 4.37. The number of carbonyl (C=O) groups is 2. The second-order valence-electron chi connectivity index (χ2n) is 7.99. The summed E-state index contributed by atoms with van der Waals surface area (Å²) >= 11 is 0. The maximum atomic E-state index is 12.4. The standard InChI is InChI=1S/C21H36O3/c1-3-5-7-20(22)17-10-12-18(13-11-17)21(23)24-19-14-8-16(6-4-2)9-15-19/h16-19H,3-15H2,1-2H3/t16-,17-,18-,19-. The van der Waals surface area contributed by atoms with E-state index in [-0.39, 0.29) is 23.9 Å². The second kappa shape index (κ2) is 10.2. The fourth-order valence-corrected chi connectivity index (χ4v) is 4.41. The van der Waals surface area contributed by atoms with Gasteiger partial charge in [0.05, 0.1) is 5.92 Å². The van der Waals surface area contributed by atoms with E-state index in [1.54, 1.807) is 0 Å². The van der Waals surface area contributed by atoms with Crippen LogP contribution < -0.4 is 0 Å². The lowest BCUT2D eigenvalue weighted by molar-refractivity contribution is -0.158. The van der Waals surface area contributed by atoms with Crippen LogP contribution in [0, 0.1) is 17.8 Å². The molecule has 2 aliphatic rings. The molecule has 2 aliphatic carbocycles. The van der Waals surface area contributed by atoms with E-state index in [1.807, 2.05) is 0 Å². The van der Waals surface area contributed by atoms with E-state index in [0.717, 1.165) is 63.7 Å². The molecule has 0 spiro atoms. The van der Waals surface area contributed by atoms with Crippen LogP contribution in [0.15, 0.2) is 0 Å². The van der Waals surface area contributed by atoms with Gasteiger partial charge in [-0.1, -0.05) is 33.1 Å². The Bertz CT molecular complexity index is 388. The Morgan fingerprint density at radius 3 is 2.04 bits per heavy atom. The van der Waals surface area contributed by atoms with Crippen LogP contribution in [0.2, 0.25) is 0 Å². The first-order chi connectivity index (χ1) is 11.6. The number of Topliss-reactive ketones (excluding diaryl/α,β-unsaturated/α-hetero) is 1. The molecule has 3 nitrogen and oxygen atoms in total. The minimum Gasteiger partial charge on any atom is -0.462 e. The molecule has 0 aliphatic heterocycles. The Hall–Kier alpha value is -0.860. The lowest BCUT2D eigenvalue weighted by atomic mass is 9.79. The SMILES string of the molecule is CCCCC(=O)[C@H]1CC[C@H](C(=O)O[C@H]2CC[C@H](CCC)CC2)CC1.